The van der Waals surface area contributed by atoms with Crippen LogP contribution < -0.4 is 19.7 Å². The Bertz CT molecular complexity index is 445. The average molecular weight is 293 g/mol. The summed E-state index contributed by atoms with van der Waals surface area (Å²) in [5.41, 5.74) is 0. The van der Waals surface area contributed by atoms with E-state index in [1.165, 1.54) is 24.2 Å². The van der Waals surface area contributed by atoms with Gasteiger partial charge in [-0.25, -0.2) is 0 Å². The van der Waals surface area contributed by atoms with Crippen LogP contribution in [0.15, 0.2) is 24.3 Å². The number of piperidine rings is 1. The fourth-order valence-electron chi connectivity index (χ4n) is 2.61. The van der Waals surface area contributed by atoms with E-state index in [4.69, 9.17) is 9.47 Å². The second-order valence-corrected chi connectivity index (χ2v) is 5.34. The summed E-state index contributed by atoms with van der Waals surface area (Å²) < 4.78 is 10.8. The lowest BCUT2D eigenvalue weighted by molar-refractivity contribution is -0.896. The highest BCUT2D eigenvalue weighted by Crippen LogP contribution is 2.25. The lowest BCUT2D eigenvalue weighted by Crippen LogP contribution is -3.13. The van der Waals surface area contributed by atoms with Gasteiger partial charge < -0.3 is 19.7 Å². The van der Waals surface area contributed by atoms with Gasteiger partial charge in [-0.2, -0.15) is 0 Å². The number of quaternary nitrogens is 1. The van der Waals surface area contributed by atoms with Crippen LogP contribution in [0.5, 0.6) is 11.5 Å². The average Bonchev–Trinajstić information content (AvgIpc) is 2.53. The molecule has 0 aromatic heterocycles. The highest BCUT2D eigenvalue weighted by Gasteiger charge is 2.16. The SMILES string of the molecule is COc1ccccc1OCCNC(=O)C[NH+]1CCCCC1. The number of carbonyl (C=O) groups excluding carboxylic acids is 1. The van der Waals surface area contributed by atoms with Crippen molar-refractivity contribution in [3.63, 3.8) is 0 Å². The van der Waals surface area contributed by atoms with E-state index in [-0.39, 0.29) is 5.91 Å². The maximum atomic E-state index is 11.8. The Morgan fingerprint density at radius 1 is 1.19 bits per heavy atom. The van der Waals surface area contributed by atoms with Crippen LogP contribution in [0.25, 0.3) is 0 Å². The van der Waals surface area contributed by atoms with E-state index in [9.17, 15) is 4.79 Å². The molecule has 1 aromatic carbocycles. The molecule has 1 amide bonds. The zero-order valence-corrected chi connectivity index (χ0v) is 12.7. The number of rotatable bonds is 7. The van der Waals surface area contributed by atoms with Crippen LogP contribution >= 0.6 is 0 Å². The number of benzene rings is 1. The molecular weight excluding hydrogens is 268 g/mol. The van der Waals surface area contributed by atoms with Gasteiger partial charge in [0, 0.05) is 0 Å². The molecule has 1 aliphatic heterocycles. The first-order chi connectivity index (χ1) is 10.3. The molecule has 0 bridgehead atoms. The van der Waals surface area contributed by atoms with Gasteiger partial charge in [0.2, 0.25) is 0 Å². The van der Waals surface area contributed by atoms with Crippen LogP contribution in [0, 0.1) is 0 Å². The second-order valence-electron chi connectivity index (χ2n) is 5.34. The van der Waals surface area contributed by atoms with E-state index >= 15 is 0 Å². The van der Waals surface area contributed by atoms with Crippen molar-refractivity contribution in [2.45, 2.75) is 19.3 Å². The quantitative estimate of drug-likeness (QED) is 0.709. The van der Waals surface area contributed by atoms with Gasteiger partial charge in [0.1, 0.15) is 6.61 Å². The Labute approximate surface area is 126 Å². The van der Waals surface area contributed by atoms with Gasteiger partial charge in [0.25, 0.3) is 5.91 Å². The number of amides is 1. The Balaban J connectivity index is 1.63. The summed E-state index contributed by atoms with van der Waals surface area (Å²) in [4.78, 5) is 13.2. The standard InChI is InChI=1S/C16H24N2O3/c1-20-14-7-3-4-8-15(14)21-12-9-17-16(19)13-18-10-5-2-6-11-18/h3-4,7-8H,2,5-6,9-13H2,1H3,(H,17,19)/p+1. The van der Waals surface area contributed by atoms with Crippen molar-refractivity contribution in [3.8, 4) is 11.5 Å². The minimum atomic E-state index is 0.107. The van der Waals surface area contributed by atoms with E-state index < -0.39 is 0 Å². The predicted molar refractivity (Wildman–Crippen MR) is 80.9 cm³/mol. The van der Waals surface area contributed by atoms with Gasteiger partial charge in [0.05, 0.1) is 26.7 Å². The summed E-state index contributed by atoms with van der Waals surface area (Å²) >= 11 is 0. The summed E-state index contributed by atoms with van der Waals surface area (Å²) in [5, 5.41) is 2.91. The molecule has 1 fully saturated rings. The summed E-state index contributed by atoms with van der Waals surface area (Å²) in [5.74, 6) is 1.52. The van der Waals surface area contributed by atoms with Gasteiger partial charge in [-0.1, -0.05) is 12.1 Å². The van der Waals surface area contributed by atoms with Crippen molar-refractivity contribution in [3.05, 3.63) is 24.3 Å². The van der Waals surface area contributed by atoms with Crippen LogP contribution in [-0.2, 0) is 4.79 Å². The van der Waals surface area contributed by atoms with Crippen LogP contribution in [0.2, 0.25) is 0 Å². The topological polar surface area (TPSA) is 52.0 Å². The molecule has 1 heterocycles. The third-order valence-electron chi connectivity index (χ3n) is 3.72. The summed E-state index contributed by atoms with van der Waals surface area (Å²) in [7, 11) is 1.62. The van der Waals surface area contributed by atoms with Gasteiger partial charge in [-0.3, -0.25) is 4.79 Å². The number of hydrogen-bond donors (Lipinski definition) is 2. The Morgan fingerprint density at radius 3 is 2.62 bits per heavy atom. The first-order valence-electron chi connectivity index (χ1n) is 7.65. The van der Waals surface area contributed by atoms with Crippen molar-refractivity contribution in [2.24, 2.45) is 0 Å². The Hall–Kier alpha value is -1.75. The summed E-state index contributed by atoms with van der Waals surface area (Å²) in [6.07, 6.45) is 3.77. The van der Waals surface area contributed by atoms with Crippen molar-refractivity contribution < 1.29 is 19.2 Å². The maximum absolute atomic E-state index is 11.8. The van der Waals surface area contributed by atoms with Crippen molar-refractivity contribution in [1.29, 1.82) is 0 Å². The Morgan fingerprint density at radius 2 is 1.90 bits per heavy atom. The molecular formula is C16H25N2O3+. The number of ether oxygens (including phenoxy) is 2. The van der Waals surface area contributed by atoms with E-state index in [2.05, 4.69) is 5.32 Å². The van der Waals surface area contributed by atoms with Crippen molar-refractivity contribution in [2.75, 3.05) is 39.9 Å². The molecule has 0 unspecified atom stereocenters. The molecule has 0 aliphatic carbocycles. The fraction of sp³-hybridized carbons (Fsp3) is 0.562. The number of carbonyl (C=O) groups is 1. The van der Waals surface area contributed by atoms with Gasteiger partial charge in [0.15, 0.2) is 18.0 Å². The fourth-order valence-corrected chi connectivity index (χ4v) is 2.61. The maximum Gasteiger partial charge on any atom is 0.275 e. The second kappa shape index (κ2) is 8.52. The predicted octanol–water partition coefficient (Wildman–Crippen LogP) is 0.259. The van der Waals surface area contributed by atoms with Crippen LogP contribution in [0.4, 0.5) is 0 Å². The lowest BCUT2D eigenvalue weighted by atomic mass is 10.1. The zero-order valence-electron chi connectivity index (χ0n) is 12.7. The molecule has 2 N–H and O–H groups in total. The molecule has 0 radical (unpaired) electrons. The van der Waals surface area contributed by atoms with Crippen molar-refractivity contribution >= 4 is 5.91 Å². The third-order valence-corrected chi connectivity index (χ3v) is 3.72. The Kier molecular flexibility index (Phi) is 6.34. The minimum Gasteiger partial charge on any atom is -0.493 e. The van der Waals surface area contributed by atoms with E-state index in [1.54, 1.807) is 7.11 Å². The van der Waals surface area contributed by atoms with Crippen LogP contribution in [0.1, 0.15) is 19.3 Å². The first-order valence-corrected chi connectivity index (χ1v) is 7.65. The monoisotopic (exact) mass is 293 g/mol. The molecule has 116 valence electrons. The molecule has 21 heavy (non-hydrogen) atoms. The molecule has 0 saturated carbocycles. The van der Waals surface area contributed by atoms with Crippen LogP contribution in [0.3, 0.4) is 0 Å². The number of nitrogens with one attached hydrogen (secondary N) is 2. The molecule has 2 rings (SSSR count). The first kappa shape index (κ1) is 15.6. The number of para-hydroxylation sites is 2. The molecule has 0 spiro atoms. The normalized spacial score (nSPS) is 15.5. The summed E-state index contributed by atoms with van der Waals surface area (Å²) in [6.45, 7) is 3.77. The number of likely N-dealkylation sites (tertiary alicyclic amines) is 1. The summed E-state index contributed by atoms with van der Waals surface area (Å²) in [6, 6.07) is 7.51. The molecule has 1 aliphatic rings. The van der Waals surface area contributed by atoms with Crippen molar-refractivity contribution in [1.82, 2.24) is 5.32 Å². The molecule has 0 atom stereocenters. The third kappa shape index (κ3) is 5.27. The van der Waals surface area contributed by atoms with E-state index in [0.717, 1.165) is 13.1 Å². The van der Waals surface area contributed by atoms with Gasteiger partial charge in [-0.15, -0.1) is 0 Å². The molecule has 5 nitrogen and oxygen atoms in total. The molecule has 1 saturated heterocycles. The number of methoxy groups -OCH3 is 1. The minimum absolute atomic E-state index is 0.107. The lowest BCUT2D eigenvalue weighted by Gasteiger charge is -2.22. The number of hydrogen-bond acceptors (Lipinski definition) is 3. The smallest absolute Gasteiger partial charge is 0.275 e. The highest BCUT2D eigenvalue weighted by atomic mass is 16.5. The van der Waals surface area contributed by atoms with Gasteiger partial charge >= 0.3 is 0 Å². The zero-order chi connectivity index (χ0) is 14.9. The van der Waals surface area contributed by atoms with E-state index in [0.29, 0.717) is 31.2 Å². The van der Waals surface area contributed by atoms with Gasteiger partial charge in [-0.05, 0) is 31.4 Å². The van der Waals surface area contributed by atoms with Crippen LogP contribution in [-0.4, -0.2) is 45.8 Å². The highest BCUT2D eigenvalue weighted by molar-refractivity contribution is 5.76. The van der Waals surface area contributed by atoms with E-state index in [1.807, 2.05) is 24.3 Å². The molecule has 1 aromatic rings. The molecule has 5 heteroatoms. The largest absolute Gasteiger partial charge is 0.493 e.